The van der Waals surface area contributed by atoms with Gasteiger partial charge in [0, 0.05) is 22.0 Å². The van der Waals surface area contributed by atoms with Crippen LogP contribution in [0.25, 0.3) is 0 Å². The number of carbonyl (C=O) groups is 3. The Morgan fingerprint density at radius 1 is 0.879 bits per heavy atom. The molecule has 3 amide bonds. The molecular weight excluding hydrogens is 448 g/mol. The summed E-state index contributed by atoms with van der Waals surface area (Å²) < 4.78 is 10.9. The van der Waals surface area contributed by atoms with E-state index in [-0.39, 0.29) is 22.6 Å². The van der Waals surface area contributed by atoms with Gasteiger partial charge in [0.15, 0.2) is 11.5 Å². The zero-order chi connectivity index (χ0) is 23.8. The van der Waals surface area contributed by atoms with Gasteiger partial charge < -0.3 is 20.1 Å². The summed E-state index contributed by atoms with van der Waals surface area (Å²) in [4.78, 5) is 36.4. The van der Waals surface area contributed by atoms with Gasteiger partial charge >= 0.3 is 12.0 Å². The molecule has 3 rings (SSSR count). The average molecular weight is 469 g/mol. The van der Waals surface area contributed by atoms with Crippen molar-refractivity contribution >= 4 is 40.9 Å². The summed E-state index contributed by atoms with van der Waals surface area (Å²) in [5, 5.41) is 5.82. The van der Waals surface area contributed by atoms with Crippen molar-refractivity contribution in [3.8, 4) is 11.5 Å². The first-order chi connectivity index (χ1) is 15.9. The highest BCUT2D eigenvalue weighted by atomic mass is 35.5. The molecule has 0 bridgehead atoms. The van der Waals surface area contributed by atoms with Gasteiger partial charge in [-0.1, -0.05) is 17.7 Å². The van der Waals surface area contributed by atoms with Crippen LogP contribution < -0.4 is 31.4 Å². The summed E-state index contributed by atoms with van der Waals surface area (Å²) in [6.45, 7) is 2.06. The lowest BCUT2D eigenvalue weighted by Gasteiger charge is -2.12. The number of nitrogens with two attached hydrogens (primary N) is 1. The van der Waals surface area contributed by atoms with E-state index < -0.39 is 17.9 Å². The number of amides is 3. The molecule has 0 aliphatic carbocycles. The number of benzene rings is 3. The van der Waals surface area contributed by atoms with Gasteiger partial charge in [-0.15, -0.1) is 0 Å². The predicted molar refractivity (Wildman–Crippen MR) is 125 cm³/mol. The molecule has 0 saturated heterocycles. The molecule has 0 saturated carbocycles. The molecule has 0 aliphatic rings. The Morgan fingerprint density at radius 3 is 2.24 bits per heavy atom. The van der Waals surface area contributed by atoms with Crippen molar-refractivity contribution in [1.29, 1.82) is 0 Å². The molecule has 0 unspecified atom stereocenters. The largest absolute Gasteiger partial charge is 0.490 e. The second kappa shape index (κ2) is 11.0. The average Bonchev–Trinajstić information content (AvgIpc) is 2.80. The maximum atomic E-state index is 12.6. The molecule has 3 aromatic rings. The number of nitrogens with one attached hydrogen (secondary N) is 3. The number of esters is 1. The summed E-state index contributed by atoms with van der Waals surface area (Å²) in [6, 6.07) is 16.8. The highest BCUT2D eigenvalue weighted by Crippen LogP contribution is 2.29. The van der Waals surface area contributed by atoms with E-state index in [2.05, 4.69) is 10.6 Å². The molecule has 0 atom stereocenters. The molecule has 10 heteroatoms. The van der Waals surface area contributed by atoms with E-state index in [9.17, 15) is 14.4 Å². The van der Waals surface area contributed by atoms with Gasteiger partial charge in [0.2, 0.25) is 0 Å². The van der Waals surface area contributed by atoms with Crippen LogP contribution >= 0.6 is 11.6 Å². The standard InChI is InChI=1S/C23H21ClN4O5/c1-2-32-20-12-15(21(29)28-25)8-11-19(20)33-22(30)14-6-9-17(10-7-14)26-23(31)27-18-5-3-4-16(24)13-18/h3-13H,2,25H2,1H3,(H,28,29)(H2,26,27,31). The van der Waals surface area contributed by atoms with Crippen LogP contribution in [0, 0.1) is 0 Å². The number of carbonyl (C=O) groups excluding carboxylic acids is 3. The quantitative estimate of drug-likeness (QED) is 0.135. The third-order valence-electron chi connectivity index (χ3n) is 4.30. The molecule has 3 aromatic carbocycles. The molecule has 0 radical (unpaired) electrons. The third kappa shape index (κ3) is 6.45. The van der Waals surface area contributed by atoms with Crippen molar-refractivity contribution in [3.63, 3.8) is 0 Å². The minimum atomic E-state index is -0.637. The van der Waals surface area contributed by atoms with Gasteiger partial charge in [0.1, 0.15) is 0 Å². The lowest BCUT2D eigenvalue weighted by molar-refractivity contribution is 0.0728. The van der Waals surface area contributed by atoms with Gasteiger partial charge in [0.25, 0.3) is 5.91 Å². The lowest BCUT2D eigenvalue weighted by Crippen LogP contribution is -2.29. The summed E-state index contributed by atoms with van der Waals surface area (Å²) in [7, 11) is 0. The van der Waals surface area contributed by atoms with Crippen molar-refractivity contribution in [3.05, 3.63) is 82.9 Å². The molecule has 0 heterocycles. The molecule has 0 fully saturated rings. The van der Waals surface area contributed by atoms with Gasteiger partial charge in [-0.05, 0) is 67.6 Å². The normalized spacial score (nSPS) is 10.2. The fraction of sp³-hybridized carbons (Fsp3) is 0.0870. The molecule has 9 nitrogen and oxygen atoms in total. The molecule has 0 aliphatic heterocycles. The molecule has 0 spiro atoms. The number of halogens is 1. The fourth-order valence-electron chi connectivity index (χ4n) is 2.79. The van der Waals surface area contributed by atoms with Crippen LogP contribution in [-0.4, -0.2) is 24.5 Å². The van der Waals surface area contributed by atoms with Crippen LogP contribution in [0.1, 0.15) is 27.6 Å². The Hall–Kier alpha value is -4.08. The maximum Gasteiger partial charge on any atom is 0.343 e. The predicted octanol–water partition coefficient (Wildman–Crippen LogP) is 4.21. The van der Waals surface area contributed by atoms with Gasteiger partial charge in [-0.2, -0.15) is 0 Å². The van der Waals surface area contributed by atoms with E-state index in [0.29, 0.717) is 23.0 Å². The monoisotopic (exact) mass is 468 g/mol. The SMILES string of the molecule is CCOc1cc(C(=O)NN)ccc1OC(=O)c1ccc(NC(=O)Nc2cccc(Cl)c2)cc1. The molecule has 0 aromatic heterocycles. The number of ether oxygens (including phenoxy) is 2. The van der Waals surface area contributed by atoms with Crippen LogP contribution in [-0.2, 0) is 0 Å². The smallest absolute Gasteiger partial charge is 0.343 e. The van der Waals surface area contributed by atoms with Gasteiger partial charge in [-0.3, -0.25) is 10.2 Å². The van der Waals surface area contributed by atoms with E-state index >= 15 is 0 Å². The number of urea groups is 1. The van der Waals surface area contributed by atoms with Gasteiger partial charge in [-0.25, -0.2) is 15.4 Å². The van der Waals surface area contributed by atoms with Crippen LogP contribution in [0.5, 0.6) is 11.5 Å². The highest BCUT2D eigenvalue weighted by Gasteiger charge is 2.15. The second-order valence-electron chi connectivity index (χ2n) is 6.62. The van der Waals surface area contributed by atoms with Crippen molar-refractivity contribution in [1.82, 2.24) is 5.43 Å². The zero-order valence-corrected chi connectivity index (χ0v) is 18.3. The molecule has 33 heavy (non-hydrogen) atoms. The van der Waals surface area contributed by atoms with Gasteiger partial charge in [0.05, 0.1) is 12.2 Å². The van der Waals surface area contributed by atoms with E-state index in [1.807, 2.05) is 5.43 Å². The molecule has 5 N–H and O–H groups in total. The van der Waals surface area contributed by atoms with Crippen molar-refractivity contribution < 1.29 is 23.9 Å². The number of nitrogen functional groups attached to an aromatic ring is 1. The van der Waals surface area contributed by atoms with E-state index in [4.69, 9.17) is 26.9 Å². The van der Waals surface area contributed by atoms with Crippen molar-refractivity contribution in [2.75, 3.05) is 17.2 Å². The summed E-state index contributed by atoms with van der Waals surface area (Å²) >= 11 is 5.90. The summed E-state index contributed by atoms with van der Waals surface area (Å²) in [6.07, 6.45) is 0. The first-order valence-electron chi connectivity index (χ1n) is 9.83. The number of hydrazine groups is 1. The number of hydrogen-bond acceptors (Lipinski definition) is 6. The Balaban J connectivity index is 1.65. The Bertz CT molecular complexity index is 1170. The third-order valence-corrected chi connectivity index (χ3v) is 4.54. The summed E-state index contributed by atoms with van der Waals surface area (Å²) in [5.74, 6) is 4.38. The first kappa shape index (κ1) is 23.6. The van der Waals surface area contributed by atoms with Crippen LogP contribution in [0.2, 0.25) is 5.02 Å². The fourth-order valence-corrected chi connectivity index (χ4v) is 2.98. The van der Waals surface area contributed by atoms with E-state index in [0.717, 1.165) is 0 Å². The number of rotatable bonds is 7. The van der Waals surface area contributed by atoms with Crippen LogP contribution in [0.4, 0.5) is 16.2 Å². The summed E-state index contributed by atoms with van der Waals surface area (Å²) in [5.41, 5.74) is 3.55. The second-order valence-corrected chi connectivity index (χ2v) is 7.06. The minimum absolute atomic E-state index is 0.151. The van der Waals surface area contributed by atoms with Crippen LogP contribution in [0.15, 0.2) is 66.7 Å². The number of hydrogen-bond donors (Lipinski definition) is 4. The lowest BCUT2D eigenvalue weighted by atomic mass is 10.2. The zero-order valence-electron chi connectivity index (χ0n) is 17.6. The Morgan fingerprint density at radius 2 is 1.58 bits per heavy atom. The van der Waals surface area contributed by atoms with Crippen molar-refractivity contribution in [2.45, 2.75) is 6.92 Å². The van der Waals surface area contributed by atoms with Crippen molar-refractivity contribution in [2.24, 2.45) is 5.84 Å². The Kier molecular flexibility index (Phi) is 7.85. The maximum absolute atomic E-state index is 12.6. The molecular formula is C23H21ClN4O5. The first-order valence-corrected chi connectivity index (χ1v) is 10.2. The number of anilines is 2. The topological polar surface area (TPSA) is 132 Å². The van der Waals surface area contributed by atoms with Crippen LogP contribution in [0.3, 0.4) is 0 Å². The highest BCUT2D eigenvalue weighted by molar-refractivity contribution is 6.30. The van der Waals surface area contributed by atoms with E-state index in [1.54, 1.807) is 43.3 Å². The Labute approximate surface area is 194 Å². The van der Waals surface area contributed by atoms with E-state index in [1.165, 1.54) is 30.3 Å². The minimum Gasteiger partial charge on any atom is -0.490 e. The molecule has 170 valence electrons.